The quantitative estimate of drug-likeness (QED) is 0.911. The van der Waals surface area contributed by atoms with Crippen molar-refractivity contribution in [3.63, 3.8) is 0 Å². The van der Waals surface area contributed by atoms with Gasteiger partial charge >= 0.3 is 0 Å². The first kappa shape index (κ1) is 17.6. The highest BCUT2D eigenvalue weighted by atomic mass is 16.5. The summed E-state index contributed by atoms with van der Waals surface area (Å²) in [5.74, 6) is 0.0480. The topological polar surface area (TPSA) is 41.6 Å². The van der Waals surface area contributed by atoms with E-state index >= 15 is 0 Å². The highest BCUT2D eigenvalue weighted by Crippen LogP contribution is 2.22. The molecule has 1 heterocycles. The fourth-order valence-electron chi connectivity index (χ4n) is 3.28. The van der Waals surface area contributed by atoms with Gasteiger partial charge in [0.2, 0.25) is 5.91 Å². The minimum absolute atomic E-state index is 0.0480. The van der Waals surface area contributed by atoms with Crippen LogP contribution in [0.25, 0.3) is 0 Å². The maximum atomic E-state index is 12.9. The Morgan fingerprint density at radius 1 is 1.08 bits per heavy atom. The first-order valence-electron chi connectivity index (χ1n) is 8.91. The number of ether oxygens (including phenoxy) is 1. The van der Waals surface area contributed by atoms with Crippen LogP contribution >= 0.6 is 0 Å². The zero-order chi connectivity index (χ0) is 17.6. The summed E-state index contributed by atoms with van der Waals surface area (Å²) in [6, 6.07) is 19.9. The van der Waals surface area contributed by atoms with Crippen molar-refractivity contribution in [1.29, 1.82) is 0 Å². The molecule has 0 bridgehead atoms. The van der Waals surface area contributed by atoms with E-state index in [1.54, 1.807) is 0 Å². The molecule has 1 aliphatic heterocycles. The molecule has 0 unspecified atom stereocenters. The molecule has 0 aliphatic carbocycles. The van der Waals surface area contributed by atoms with Crippen molar-refractivity contribution in [3.8, 4) is 0 Å². The second kappa shape index (κ2) is 8.28. The van der Waals surface area contributed by atoms with Crippen molar-refractivity contribution >= 4 is 5.91 Å². The second-order valence-electron chi connectivity index (χ2n) is 6.62. The predicted octanol–water partition coefficient (Wildman–Crippen LogP) is 3.00. The number of benzene rings is 2. The minimum Gasteiger partial charge on any atom is -0.376 e. The van der Waals surface area contributed by atoms with E-state index in [9.17, 15) is 4.79 Å². The van der Waals surface area contributed by atoms with Gasteiger partial charge in [0.1, 0.15) is 0 Å². The Labute approximate surface area is 149 Å². The Morgan fingerprint density at radius 2 is 1.64 bits per heavy atom. The fraction of sp³-hybridized carbons (Fsp3) is 0.381. The van der Waals surface area contributed by atoms with Gasteiger partial charge in [0.05, 0.1) is 24.8 Å². The summed E-state index contributed by atoms with van der Waals surface area (Å²) in [6.07, 6.45) is 0.169. The monoisotopic (exact) mass is 338 g/mol. The maximum Gasteiger partial charge on any atom is 0.237 e. The molecule has 25 heavy (non-hydrogen) atoms. The number of carbonyl (C=O) groups excluding carboxylic acids is 1. The number of morpholine rings is 1. The Bertz CT molecular complexity index is 635. The molecule has 1 aliphatic rings. The van der Waals surface area contributed by atoms with E-state index < -0.39 is 0 Å². The van der Waals surface area contributed by atoms with E-state index in [4.69, 9.17) is 4.74 Å². The fourth-order valence-corrected chi connectivity index (χ4v) is 3.28. The van der Waals surface area contributed by atoms with Crippen LogP contribution in [0.4, 0.5) is 0 Å². The van der Waals surface area contributed by atoms with Gasteiger partial charge in [-0.25, -0.2) is 0 Å². The van der Waals surface area contributed by atoms with Crippen molar-refractivity contribution in [2.75, 3.05) is 19.7 Å². The molecule has 0 saturated carbocycles. The number of carbonyl (C=O) groups is 1. The Hall–Kier alpha value is -2.17. The molecule has 1 amide bonds. The number of rotatable bonds is 5. The van der Waals surface area contributed by atoms with Gasteiger partial charge in [0.15, 0.2) is 0 Å². The van der Waals surface area contributed by atoms with Crippen molar-refractivity contribution < 1.29 is 9.53 Å². The van der Waals surface area contributed by atoms with E-state index in [0.717, 1.165) is 24.2 Å². The van der Waals surface area contributed by atoms with Crippen LogP contribution in [0, 0.1) is 0 Å². The molecule has 0 aromatic heterocycles. The van der Waals surface area contributed by atoms with Crippen LogP contribution < -0.4 is 5.32 Å². The summed E-state index contributed by atoms with van der Waals surface area (Å²) >= 11 is 0. The Morgan fingerprint density at radius 3 is 2.16 bits per heavy atom. The van der Waals surface area contributed by atoms with E-state index in [-0.39, 0.29) is 24.1 Å². The minimum atomic E-state index is -0.179. The zero-order valence-corrected chi connectivity index (χ0v) is 14.9. The van der Waals surface area contributed by atoms with Crippen LogP contribution in [0.5, 0.6) is 0 Å². The maximum absolute atomic E-state index is 12.9. The molecular formula is C21H26N2O2. The number of hydrogen-bond donors (Lipinski definition) is 1. The van der Waals surface area contributed by atoms with Crippen LogP contribution in [-0.2, 0) is 9.53 Å². The van der Waals surface area contributed by atoms with Crippen LogP contribution in [0.2, 0.25) is 0 Å². The van der Waals surface area contributed by atoms with Crippen molar-refractivity contribution in [2.45, 2.75) is 32.0 Å². The molecule has 2 aromatic rings. The average Bonchev–Trinajstić information content (AvgIpc) is 2.66. The number of nitrogens with one attached hydrogen (secondary N) is 1. The summed E-state index contributed by atoms with van der Waals surface area (Å²) < 4.78 is 5.58. The third kappa shape index (κ3) is 4.47. The first-order valence-corrected chi connectivity index (χ1v) is 8.91. The smallest absolute Gasteiger partial charge is 0.237 e. The molecule has 2 aromatic carbocycles. The molecule has 0 radical (unpaired) electrons. The van der Waals surface area contributed by atoms with Gasteiger partial charge in [-0.1, -0.05) is 60.7 Å². The van der Waals surface area contributed by atoms with Crippen LogP contribution in [-0.4, -0.2) is 42.6 Å². The highest BCUT2D eigenvalue weighted by Gasteiger charge is 2.28. The van der Waals surface area contributed by atoms with Gasteiger partial charge in [-0.15, -0.1) is 0 Å². The summed E-state index contributed by atoms with van der Waals surface area (Å²) in [6.45, 7) is 6.28. The first-order chi connectivity index (χ1) is 12.1. The molecular weight excluding hydrogens is 312 g/mol. The van der Waals surface area contributed by atoms with Crippen molar-refractivity contribution in [2.24, 2.45) is 0 Å². The van der Waals surface area contributed by atoms with Crippen LogP contribution in [0.15, 0.2) is 60.7 Å². The lowest BCUT2D eigenvalue weighted by Gasteiger charge is -2.35. The van der Waals surface area contributed by atoms with E-state index in [1.807, 2.05) is 50.2 Å². The van der Waals surface area contributed by atoms with Gasteiger partial charge in [0, 0.05) is 13.1 Å². The normalized spacial score (nSPS) is 19.6. The average molecular weight is 338 g/mol. The predicted molar refractivity (Wildman–Crippen MR) is 99.3 cm³/mol. The lowest BCUT2D eigenvalue weighted by Crippen LogP contribution is -2.52. The van der Waals surface area contributed by atoms with Crippen LogP contribution in [0.1, 0.15) is 31.0 Å². The van der Waals surface area contributed by atoms with Gasteiger partial charge in [0.25, 0.3) is 0 Å². The summed E-state index contributed by atoms with van der Waals surface area (Å²) in [5, 5.41) is 3.24. The summed E-state index contributed by atoms with van der Waals surface area (Å²) in [4.78, 5) is 15.1. The van der Waals surface area contributed by atoms with Gasteiger partial charge < -0.3 is 10.1 Å². The SMILES string of the molecule is C[C@H]1CN([C@@H](C)C(=O)NC(c2ccccc2)c2ccccc2)CCO1. The molecule has 3 rings (SSSR count). The largest absolute Gasteiger partial charge is 0.376 e. The summed E-state index contributed by atoms with van der Waals surface area (Å²) in [7, 11) is 0. The molecule has 4 nitrogen and oxygen atoms in total. The van der Waals surface area contributed by atoms with Gasteiger partial charge in [-0.2, -0.15) is 0 Å². The summed E-state index contributed by atoms with van der Waals surface area (Å²) in [5.41, 5.74) is 2.18. The number of amides is 1. The van der Waals surface area contributed by atoms with Gasteiger partial charge in [-0.05, 0) is 25.0 Å². The highest BCUT2D eigenvalue weighted by molar-refractivity contribution is 5.82. The van der Waals surface area contributed by atoms with Gasteiger partial charge in [-0.3, -0.25) is 9.69 Å². The third-order valence-corrected chi connectivity index (χ3v) is 4.75. The molecule has 1 N–H and O–H groups in total. The van der Waals surface area contributed by atoms with E-state index in [2.05, 4.69) is 34.5 Å². The van der Waals surface area contributed by atoms with Crippen LogP contribution in [0.3, 0.4) is 0 Å². The number of hydrogen-bond acceptors (Lipinski definition) is 3. The molecule has 2 atom stereocenters. The van der Waals surface area contributed by atoms with E-state index in [1.165, 1.54) is 0 Å². The zero-order valence-electron chi connectivity index (χ0n) is 14.9. The molecule has 132 valence electrons. The van der Waals surface area contributed by atoms with Crippen molar-refractivity contribution in [3.05, 3.63) is 71.8 Å². The molecule has 1 saturated heterocycles. The van der Waals surface area contributed by atoms with Crippen molar-refractivity contribution in [1.82, 2.24) is 10.2 Å². The molecule has 4 heteroatoms. The van der Waals surface area contributed by atoms with E-state index in [0.29, 0.717) is 6.61 Å². The lowest BCUT2D eigenvalue weighted by atomic mass is 9.98. The lowest BCUT2D eigenvalue weighted by molar-refractivity contribution is -0.129. The molecule has 0 spiro atoms. The third-order valence-electron chi connectivity index (χ3n) is 4.75. The molecule has 1 fully saturated rings. The number of nitrogens with zero attached hydrogens (tertiary/aromatic N) is 1. The second-order valence-corrected chi connectivity index (χ2v) is 6.62. The Balaban J connectivity index is 1.77. The standard InChI is InChI=1S/C21H26N2O2/c1-16-15-23(13-14-25-16)17(2)21(24)22-20(18-9-5-3-6-10-18)19-11-7-4-8-12-19/h3-12,16-17,20H,13-15H2,1-2H3,(H,22,24)/t16-,17-/m0/s1. The Kier molecular flexibility index (Phi) is 5.84.